The van der Waals surface area contributed by atoms with Gasteiger partial charge >= 0.3 is 0 Å². The number of carbonyl (C=O) groups excluding carboxylic acids is 2. The van der Waals surface area contributed by atoms with Crippen LogP contribution >= 0.6 is 23.2 Å². The molecule has 0 aliphatic rings. The number of carbonyl (C=O) groups is 2. The summed E-state index contributed by atoms with van der Waals surface area (Å²) in [5.74, 6) is -1.42. The van der Waals surface area contributed by atoms with E-state index in [0.29, 0.717) is 12.1 Å². The summed E-state index contributed by atoms with van der Waals surface area (Å²) < 4.78 is 42.1. The quantitative estimate of drug-likeness (QED) is 0.240. The second-order valence-corrected chi connectivity index (χ2v) is 11.9. The minimum atomic E-state index is -4.25. The van der Waals surface area contributed by atoms with Gasteiger partial charge in [-0.2, -0.15) is 0 Å². The number of sulfonamides is 1. The van der Waals surface area contributed by atoms with E-state index in [4.69, 9.17) is 23.2 Å². The zero-order chi connectivity index (χ0) is 29.3. The zero-order valence-corrected chi connectivity index (χ0v) is 24.6. The largest absolute Gasteiger partial charge is 0.354 e. The Labute approximate surface area is 244 Å². The van der Waals surface area contributed by atoms with Crippen molar-refractivity contribution in [2.24, 2.45) is 0 Å². The first-order valence-corrected chi connectivity index (χ1v) is 15.1. The molecule has 0 heterocycles. The fourth-order valence-electron chi connectivity index (χ4n) is 4.14. The Morgan fingerprint density at radius 1 is 0.950 bits per heavy atom. The first-order chi connectivity index (χ1) is 19.1. The van der Waals surface area contributed by atoms with Crippen LogP contribution in [0.25, 0.3) is 0 Å². The molecule has 0 saturated heterocycles. The van der Waals surface area contributed by atoms with E-state index in [1.165, 1.54) is 59.5 Å². The van der Waals surface area contributed by atoms with Crippen LogP contribution in [-0.2, 0) is 26.2 Å². The highest BCUT2D eigenvalue weighted by atomic mass is 35.5. The Hall–Kier alpha value is -3.14. The molecular formula is C29H32Cl2FN3O4S. The summed E-state index contributed by atoms with van der Waals surface area (Å²) in [4.78, 5) is 28.4. The highest BCUT2D eigenvalue weighted by Gasteiger charge is 2.33. The van der Waals surface area contributed by atoms with Crippen molar-refractivity contribution < 1.29 is 22.4 Å². The minimum Gasteiger partial charge on any atom is -0.354 e. The van der Waals surface area contributed by atoms with Crippen molar-refractivity contribution in [3.8, 4) is 0 Å². The van der Waals surface area contributed by atoms with Crippen LogP contribution in [0.4, 0.5) is 10.1 Å². The molecule has 0 unspecified atom stereocenters. The van der Waals surface area contributed by atoms with Crippen molar-refractivity contribution in [2.75, 3.05) is 17.4 Å². The third-order valence-corrected chi connectivity index (χ3v) is 8.45. The number of halogens is 3. The topological polar surface area (TPSA) is 86.8 Å². The first kappa shape index (κ1) is 31.4. The second-order valence-electron chi connectivity index (χ2n) is 9.17. The molecule has 0 bridgehead atoms. The Morgan fingerprint density at radius 2 is 1.57 bits per heavy atom. The molecule has 1 N–H and O–H groups in total. The molecule has 0 aromatic heterocycles. The number of unbranched alkanes of at least 4 members (excludes halogenated alkanes) is 1. The fourth-order valence-corrected chi connectivity index (χ4v) is 6.08. The predicted octanol–water partition coefficient (Wildman–Crippen LogP) is 6.05. The Morgan fingerprint density at radius 3 is 2.15 bits per heavy atom. The van der Waals surface area contributed by atoms with Crippen LogP contribution in [0.1, 0.15) is 38.7 Å². The second kappa shape index (κ2) is 14.5. The van der Waals surface area contributed by atoms with Crippen LogP contribution in [0, 0.1) is 5.82 Å². The van der Waals surface area contributed by atoms with Crippen molar-refractivity contribution in [3.05, 3.63) is 94.2 Å². The minimum absolute atomic E-state index is 0.0334. The van der Waals surface area contributed by atoms with Crippen LogP contribution in [-0.4, -0.2) is 44.3 Å². The van der Waals surface area contributed by atoms with Crippen LogP contribution in [0.5, 0.6) is 0 Å². The van der Waals surface area contributed by atoms with Gasteiger partial charge in [-0.3, -0.25) is 13.9 Å². The van der Waals surface area contributed by atoms with Gasteiger partial charge in [0.2, 0.25) is 11.8 Å². The van der Waals surface area contributed by atoms with Crippen LogP contribution < -0.4 is 9.62 Å². The van der Waals surface area contributed by atoms with Gasteiger partial charge in [-0.15, -0.1) is 0 Å². The van der Waals surface area contributed by atoms with Gasteiger partial charge in [-0.05, 0) is 60.9 Å². The number of anilines is 1. The summed E-state index contributed by atoms with van der Waals surface area (Å²) in [7, 11) is -4.25. The van der Waals surface area contributed by atoms with Gasteiger partial charge < -0.3 is 10.2 Å². The fraction of sp³-hybridized carbons (Fsp3) is 0.310. The summed E-state index contributed by atoms with van der Waals surface area (Å²) >= 11 is 12.4. The maximum atomic E-state index is 14.0. The van der Waals surface area contributed by atoms with Gasteiger partial charge in [0, 0.05) is 23.1 Å². The van der Waals surface area contributed by atoms with E-state index in [1.807, 2.05) is 6.92 Å². The van der Waals surface area contributed by atoms with E-state index in [-0.39, 0.29) is 39.5 Å². The molecule has 3 aromatic carbocycles. The number of benzene rings is 3. The van der Waals surface area contributed by atoms with E-state index in [0.717, 1.165) is 17.1 Å². The van der Waals surface area contributed by atoms with Gasteiger partial charge in [-0.25, -0.2) is 12.8 Å². The number of rotatable bonds is 13. The molecule has 2 amide bonds. The van der Waals surface area contributed by atoms with Crippen molar-refractivity contribution >= 4 is 50.7 Å². The third kappa shape index (κ3) is 8.19. The number of hydrogen-bond acceptors (Lipinski definition) is 4. The van der Waals surface area contributed by atoms with Crippen molar-refractivity contribution in [2.45, 2.75) is 50.6 Å². The summed E-state index contributed by atoms with van der Waals surface area (Å²) in [6.45, 7) is 3.55. The first-order valence-electron chi connectivity index (χ1n) is 12.9. The maximum Gasteiger partial charge on any atom is 0.264 e. The summed E-state index contributed by atoms with van der Waals surface area (Å²) in [5.41, 5.74) is 0.676. The average Bonchev–Trinajstić information content (AvgIpc) is 2.92. The molecule has 0 aliphatic carbocycles. The Bertz CT molecular complexity index is 1390. The number of nitrogens with one attached hydrogen (secondary N) is 1. The van der Waals surface area contributed by atoms with Crippen molar-refractivity contribution in [3.63, 3.8) is 0 Å². The molecule has 0 saturated carbocycles. The lowest BCUT2D eigenvalue weighted by molar-refractivity contribution is -0.140. The highest BCUT2D eigenvalue weighted by molar-refractivity contribution is 7.92. The third-order valence-electron chi connectivity index (χ3n) is 6.23. The van der Waals surface area contributed by atoms with Gasteiger partial charge in [0.1, 0.15) is 18.4 Å². The van der Waals surface area contributed by atoms with Crippen LogP contribution in [0.2, 0.25) is 10.0 Å². The number of nitrogens with zero attached hydrogens (tertiary/aromatic N) is 2. The molecule has 3 rings (SSSR count). The lowest BCUT2D eigenvalue weighted by Crippen LogP contribution is -2.52. The summed E-state index contributed by atoms with van der Waals surface area (Å²) in [6.07, 6.45) is 1.93. The van der Waals surface area contributed by atoms with Gasteiger partial charge in [0.15, 0.2) is 0 Å². The molecule has 11 heteroatoms. The number of amides is 2. The molecule has 0 spiro atoms. The summed E-state index contributed by atoms with van der Waals surface area (Å²) in [6, 6.07) is 16.6. The molecular weight excluding hydrogens is 576 g/mol. The SMILES string of the molecule is CCCCNC(=O)[C@@H](CC)N(Cc1ccc(F)cc1)C(=O)CN(c1cc(Cl)cc(Cl)c1)S(=O)(=O)c1ccccc1. The smallest absolute Gasteiger partial charge is 0.264 e. The van der Waals surface area contributed by atoms with Gasteiger partial charge in [0.05, 0.1) is 10.6 Å². The molecule has 7 nitrogen and oxygen atoms in total. The molecule has 0 aliphatic heterocycles. The number of hydrogen-bond donors (Lipinski definition) is 1. The normalized spacial score (nSPS) is 12.0. The Kier molecular flexibility index (Phi) is 11.4. The highest BCUT2D eigenvalue weighted by Crippen LogP contribution is 2.30. The van der Waals surface area contributed by atoms with Gasteiger partial charge in [0.25, 0.3) is 10.0 Å². The summed E-state index contributed by atoms with van der Waals surface area (Å²) in [5, 5.41) is 3.24. The monoisotopic (exact) mass is 607 g/mol. The molecule has 3 aromatic rings. The molecule has 1 atom stereocenters. The molecule has 0 radical (unpaired) electrons. The van der Waals surface area contributed by atoms with E-state index >= 15 is 0 Å². The van der Waals surface area contributed by atoms with Crippen LogP contribution in [0.15, 0.2) is 77.7 Å². The van der Waals surface area contributed by atoms with E-state index in [2.05, 4.69) is 5.32 Å². The van der Waals surface area contributed by atoms with Gasteiger partial charge in [-0.1, -0.05) is 73.8 Å². The lowest BCUT2D eigenvalue weighted by atomic mass is 10.1. The molecule has 0 fully saturated rings. The lowest BCUT2D eigenvalue weighted by Gasteiger charge is -2.33. The maximum absolute atomic E-state index is 14.0. The van der Waals surface area contributed by atoms with Crippen molar-refractivity contribution in [1.29, 1.82) is 0 Å². The predicted molar refractivity (Wildman–Crippen MR) is 156 cm³/mol. The molecule has 214 valence electrons. The van der Waals surface area contributed by atoms with E-state index in [9.17, 15) is 22.4 Å². The Balaban J connectivity index is 2.05. The standard InChI is InChI=1S/C29H32Cl2FN3O4S/c1-3-5-15-33-29(37)27(4-2)34(19-21-11-13-24(32)14-12-21)28(36)20-35(25-17-22(30)16-23(31)18-25)40(38,39)26-9-7-6-8-10-26/h6-14,16-18,27H,3-5,15,19-20H2,1-2H3,(H,33,37)/t27-/m1/s1. The van der Waals surface area contributed by atoms with E-state index in [1.54, 1.807) is 25.1 Å². The van der Waals surface area contributed by atoms with E-state index < -0.39 is 34.3 Å². The van der Waals surface area contributed by atoms with Crippen LogP contribution in [0.3, 0.4) is 0 Å². The average molecular weight is 609 g/mol. The molecule has 40 heavy (non-hydrogen) atoms. The van der Waals surface area contributed by atoms with Crippen molar-refractivity contribution in [1.82, 2.24) is 10.2 Å². The zero-order valence-electron chi connectivity index (χ0n) is 22.3.